The minimum atomic E-state index is -5.96. The maximum Gasteiger partial charge on any atom is 0.463 e. The third-order valence-corrected chi connectivity index (χ3v) is 2.67. The van der Waals surface area contributed by atoms with Crippen molar-refractivity contribution >= 4 is 33.2 Å². The van der Waals surface area contributed by atoms with E-state index >= 15 is 0 Å². The third-order valence-electron chi connectivity index (χ3n) is 2.21. The van der Waals surface area contributed by atoms with Crippen molar-refractivity contribution in [2.45, 2.75) is 19.0 Å². The first-order valence-electron chi connectivity index (χ1n) is 4.78. The Morgan fingerprint density at radius 3 is 2.21 bits per heavy atom. The Morgan fingerprint density at radius 2 is 1.79 bits per heavy atom. The Labute approximate surface area is 113 Å². The SMILES string of the molecule is Cc1cc(Br)cc(N)c1NC(=O)C(F)(F)C(F)(F)F. The summed E-state index contributed by atoms with van der Waals surface area (Å²) in [7, 11) is 0. The van der Waals surface area contributed by atoms with Gasteiger partial charge in [-0.15, -0.1) is 0 Å². The molecule has 1 aromatic carbocycles. The smallest absolute Gasteiger partial charge is 0.397 e. The molecule has 0 saturated heterocycles. The van der Waals surface area contributed by atoms with E-state index in [9.17, 15) is 26.7 Å². The molecule has 0 saturated carbocycles. The first-order chi connectivity index (χ1) is 8.46. The summed E-state index contributed by atoms with van der Waals surface area (Å²) in [6.45, 7) is 1.41. The van der Waals surface area contributed by atoms with Gasteiger partial charge in [-0.25, -0.2) is 0 Å². The molecule has 0 radical (unpaired) electrons. The molecule has 0 fully saturated rings. The van der Waals surface area contributed by atoms with E-state index in [4.69, 9.17) is 5.73 Å². The van der Waals surface area contributed by atoms with Crippen molar-refractivity contribution in [1.29, 1.82) is 0 Å². The maximum atomic E-state index is 12.8. The fraction of sp³-hybridized carbons (Fsp3) is 0.300. The fourth-order valence-corrected chi connectivity index (χ4v) is 1.85. The van der Waals surface area contributed by atoms with Gasteiger partial charge in [0.25, 0.3) is 0 Å². The Bertz CT molecular complexity index is 492. The normalized spacial score (nSPS) is 12.4. The molecule has 1 amide bonds. The topological polar surface area (TPSA) is 55.1 Å². The molecule has 0 heterocycles. The molecular weight excluding hydrogens is 339 g/mol. The summed E-state index contributed by atoms with van der Waals surface area (Å²) in [4.78, 5) is 11.0. The number of anilines is 2. The lowest BCUT2D eigenvalue weighted by atomic mass is 10.1. The second kappa shape index (κ2) is 4.95. The maximum absolute atomic E-state index is 12.8. The first-order valence-corrected chi connectivity index (χ1v) is 5.57. The number of aryl methyl sites for hydroxylation is 1. The number of alkyl halides is 5. The summed E-state index contributed by atoms with van der Waals surface area (Å²) >= 11 is 3.06. The largest absolute Gasteiger partial charge is 0.463 e. The minimum absolute atomic E-state index is 0.127. The predicted molar refractivity (Wildman–Crippen MR) is 62.9 cm³/mol. The van der Waals surface area contributed by atoms with Crippen LogP contribution in [0.25, 0.3) is 0 Å². The van der Waals surface area contributed by atoms with Gasteiger partial charge in [0.2, 0.25) is 0 Å². The van der Waals surface area contributed by atoms with Crippen LogP contribution < -0.4 is 11.1 Å². The zero-order valence-corrected chi connectivity index (χ0v) is 11.0. The average Bonchev–Trinajstić information content (AvgIpc) is 2.21. The number of carbonyl (C=O) groups is 1. The Hall–Kier alpha value is -1.38. The molecule has 3 N–H and O–H groups in total. The van der Waals surface area contributed by atoms with Gasteiger partial charge < -0.3 is 11.1 Å². The highest BCUT2D eigenvalue weighted by molar-refractivity contribution is 9.10. The van der Waals surface area contributed by atoms with Crippen molar-refractivity contribution < 1.29 is 26.7 Å². The summed E-state index contributed by atoms with van der Waals surface area (Å²) < 4.78 is 62.0. The lowest BCUT2D eigenvalue weighted by Crippen LogP contribution is -2.47. The van der Waals surface area contributed by atoms with Gasteiger partial charge in [0.15, 0.2) is 0 Å². The minimum Gasteiger partial charge on any atom is -0.397 e. The molecule has 0 aliphatic carbocycles. The van der Waals surface area contributed by atoms with Gasteiger partial charge in [0.05, 0.1) is 11.4 Å². The molecule has 106 valence electrons. The van der Waals surface area contributed by atoms with Crippen LogP contribution in [0.2, 0.25) is 0 Å². The number of halogens is 6. The van der Waals surface area contributed by atoms with Crippen LogP contribution in [0.3, 0.4) is 0 Å². The Balaban J connectivity index is 3.08. The third kappa shape index (κ3) is 3.14. The lowest BCUT2D eigenvalue weighted by Gasteiger charge is -2.20. The van der Waals surface area contributed by atoms with E-state index < -0.39 is 18.0 Å². The molecule has 19 heavy (non-hydrogen) atoms. The molecule has 0 aliphatic rings. The van der Waals surface area contributed by atoms with Crippen molar-refractivity contribution in [3.05, 3.63) is 22.2 Å². The van der Waals surface area contributed by atoms with Crippen LogP contribution in [-0.2, 0) is 4.79 Å². The van der Waals surface area contributed by atoms with E-state index in [-0.39, 0.29) is 16.9 Å². The van der Waals surface area contributed by atoms with E-state index in [1.165, 1.54) is 24.4 Å². The average molecular weight is 347 g/mol. The highest BCUT2D eigenvalue weighted by atomic mass is 79.9. The predicted octanol–water partition coefficient (Wildman–Crippen LogP) is 3.48. The van der Waals surface area contributed by atoms with Gasteiger partial charge >= 0.3 is 18.0 Å². The number of nitrogens with one attached hydrogen (secondary N) is 1. The van der Waals surface area contributed by atoms with E-state index in [2.05, 4.69) is 15.9 Å². The molecule has 0 bridgehead atoms. The van der Waals surface area contributed by atoms with Gasteiger partial charge in [-0.05, 0) is 24.6 Å². The van der Waals surface area contributed by atoms with E-state index in [0.717, 1.165) is 0 Å². The lowest BCUT2D eigenvalue weighted by molar-refractivity contribution is -0.267. The second-order valence-corrected chi connectivity index (χ2v) is 4.63. The molecular formula is C10H8BrF5N2O. The number of nitrogen functional groups attached to an aromatic ring is 1. The van der Waals surface area contributed by atoms with Crippen LogP contribution >= 0.6 is 15.9 Å². The van der Waals surface area contributed by atoms with Crippen molar-refractivity contribution in [2.24, 2.45) is 0 Å². The molecule has 9 heteroatoms. The van der Waals surface area contributed by atoms with Crippen LogP contribution in [0.1, 0.15) is 5.56 Å². The number of carbonyl (C=O) groups excluding carboxylic acids is 1. The van der Waals surface area contributed by atoms with E-state index in [1.54, 1.807) is 0 Å². The van der Waals surface area contributed by atoms with Crippen molar-refractivity contribution in [3.63, 3.8) is 0 Å². The zero-order chi connectivity index (χ0) is 15.0. The van der Waals surface area contributed by atoms with Crippen LogP contribution in [0, 0.1) is 6.92 Å². The summed E-state index contributed by atoms with van der Waals surface area (Å²) in [5.41, 5.74) is 5.29. The summed E-state index contributed by atoms with van der Waals surface area (Å²) in [5, 5.41) is 1.50. The molecule has 0 unspecified atom stereocenters. The number of nitrogens with two attached hydrogens (primary N) is 1. The second-order valence-electron chi connectivity index (χ2n) is 3.71. The summed E-state index contributed by atoms with van der Waals surface area (Å²) in [6.07, 6.45) is -5.96. The van der Waals surface area contributed by atoms with E-state index in [1.807, 2.05) is 0 Å². The van der Waals surface area contributed by atoms with Crippen LogP contribution in [0.4, 0.5) is 33.3 Å². The molecule has 3 nitrogen and oxygen atoms in total. The van der Waals surface area contributed by atoms with Crippen LogP contribution in [-0.4, -0.2) is 18.0 Å². The monoisotopic (exact) mass is 346 g/mol. The van der Waals surface area contributed by atoms with Gasteiger partial charge in [0.1, 0.15) is 0 Å². The van der Waals surface area contributed by atoms with Crippen LogP contribution in [0.15, 0.2) is 16.6 Å². The molecule has 0 atom stereocenters. The molecule has 1 rings (SSSR count). The number of rotatable bonds is 2. The highest BCUT2D eigenvalue weighted by Gasteiger charge is 2.63. The van der Waals surface area contributed by atoms with Crippen LogP contribution in [0.5, 0.6) is 0 Å². The number of benzene rings is 1. The molecule has 0 aliphatic heterocycles. The quantitative estimate of drug-likeness (QED) is 0.636. The highest BCUT2D eigenvalue weighted by Crippen LogP contribution is 2.37. The Kier molecular flexibility index (Phi) is 4.08. The standard InChI is InChI=1S/C10H8BrF5N2O/c1-4-2-5(11)3-6(17)7(4)18-8(19)9(12,13)10(14,15)16/h2-3H,17H2,1H3,(H,18,19). The van der Waals surface area contributed by atoms with Gasteiger partial charge in [0, 0.05) is 4.47 Å². The van der Waals surface area contributed by atoms with Crippen molar-refractivity contribution in [1.82, 2.24) is 0 Å². The first kappa shape index (κ1) is 15.7. The fourth-order valence-electron chi connectivity index (χ4n) is 1.26. The number of hydrogen-bond donors (Lipinski definition) is 2. The van der Waals surface area contributed by atoms with E-state index in [0.29, 0.717) is 4.47 Å². The van der Waals surface area contributed by atoms with Gasteiger partial charge in [-0.1, -0.05) is 15.9 Å². The molecule has 0 spiro atoms. The van der Waals surface area contributed by atoms with Gasteiger partial charge in [-0.2, -0.15) is 22.0 Å². The number of hydrogen-bond acceptors (Lipinski definition) is 2. The number of amides is 1. The summed E-state index contributed by atoms with van der Waals surface area (Å²) in [6, 6.07) is 2.69. The molecule has 0 aromatic heterocycles. The zero-order valence-electron chi connectivity index (χ0n) is 9.41. The summed E-state index contributed by atoms with van der Waals surface area (Å²) in [5.74, 6) is -7.96. The van der Waals surface area contributed by atoms with Crippen molar-refractivity contribution in [3.8, 4) is 0 Å². The van der Waals surface area contributed by atoms with Crippen molar-refractivity contribution in [2.75, 3.05) is 11.1 Å². The van der Waals surface area contributed by atoms with Gasteiger partial charge in [-0.3, -0.25) is 4.79 Å². The molecule has 1 aromatic rings. The Morgan fingerprint density at radius 1 is 1.26 bits per heavy atom.